The molecule has 4 nitrogen and oxygen atoms in total. The van der Waals surface area contributed by atoms with Gasteiger partial charge >= 0.3 is 0 Å². The van der Waals surface area contributed by atoms with Gasteiger partial charge in [-0.15, -0.1) is 0 Å². The number of anilines is 1. The minimum absolute atomic E-state index is 0.617. The van der Waals surface area contributed by atoms with Crippen LogP contribution in [0.25, 0.3) is 0 Å². The predicted octanol–water partition coefficient (Wildman–Crippen LogP) is 0.851. The number of nitrogens with zero attached hydrogens (tertiary/aromatic N) is 1. The zero-order valence-electron chi connectivity index (χ0n) is 7.79. The molecule has 0 unspecified atom stereocenters. The Morgan fingerprint density at radius 1 is 1.62 bits per heavy atom. The zero-order chi connectivity index (χ0) is 9.52. The molecule has 0 spiro atoms. The molecule has 3 N–H and O–H groups in total. The molecule has 0 radical (unpaired) electrons. The van der Waals surface area contributed by atoms with Crippen LogP contribution in [0.1, 0.15) is 6.92 Å². The quantitative estimate of drug-likeness (QED) is 0.707. The van der Waals surface area contributed by atoms with E-state index in [2.05, 4.69) is 10.3 Å². The highest BCUT2D eigenvalue weighted by atomic mass is 16.5. The van der Waals surface area contributed by atoms with Crippen molar-refractivity contribution in [2.75, 3.05) is 25.0 Å². The Kier molecular flexibility index (Phi) is 4.05. The largest absolute Gasteiger partial charge is 0.478 e. The van der Waals surface area contributed by atoms with E-state index in [4.69, 9.17) is 10.5 Å². The Bertz CT molecular complexity index is 252. The molecule has 0 atom stereocenters. The molecule has 0 fully saturated rings. The molecule has 0 aliphatic carbocycles. The maximum atomic E-state index is 5.36. The lowest BCUT2D eigenvalue weighted by atomic mass is 10.4. The smallest absolute Gasteiger partial charge is 0.215 e. The molecule has 0 aromatic carbocycles. The van der Waals surface area contributed by atoms with Gasteiger partial charge in [0.25, 0.3) is 0 Å². The van der Waals surface area contributed by atoms with E-state index in [0.717, 1.165) is 12.2 Å². The minimum Gasteiger partial charge on any atom is -0.478 e. The number of hydrogen-bond acceptors (Lipinski definition) is 4. The molecule has 0 amide bonds. The number of aromatic nitrogens is 1. The molecule has 4 heteroatoms. The van der Waals surface area contributed by atoms with Crippen molar-refractivity contribution < 1.29 is 4.74 Å². The maximum Gasteiger partial charge on any atom is 0.215 e. The lowest BCUT2D eigenvalue weighted by Crippen LogP contribution is -2.13. The average molecular weight is 181 g/mol. The second kappa shape index (κ2) is 5.37. The Balaban J connectivity index is 2.56. The third-order valence-corrected chi connectivity index (χ3v) is 1.50. The molecule has 0 saturated heterocycles. The summed E-state index contributed by atoms with van der Waals surface area (Å²) in [6.07, 6.45) is 1.71. The van der Waals surface area contributed by atoms with Crippen molar-refractivity contribution in [3.63, 3.8) is 0 Å². The van der Waals surface area contributed by atoms with Crippen molar-refractivity contribution in [2.45, 2.75) is 6.92 Å². The fourth-order valence-electron chi connectivity index (χ4n) is 0.963. The van der Waals surface area contributed by atoms with Gasteiger partial charge < -0.3 is 15.8 Å². The molecule has 0 aliphatic rings. The number of nitrogens with two attached hydrogens (primary N) is 1. The van der Waals surface area contributed by atoms with Crippen molar-refractivity contribution in [1.29, 1.82) is 0 Å². The van der Waals surface area contributed by atoms with Crippen LogP contribution in [0, 0.1) is 0 Å². The van der Waals surface area contributed by atoms with Gasteiger partial charge in [-0.1, -0.05) is 0 Å². The van der Waals surface area contributed by atoms with Crippen LogP contribution in [0.2, 0.25) is 0 Å². The molecular weight excluding hydrogens is 166 g/mol. The first kappa shape index (κ1) is 9.80. The normalized spacial score (nSPS) is 9.69. The standard InChI is InChI=1S/C9H15N3O/c1-2-13-9-7-8(3-5-12-9)11-6-4-10/h3,5,7H,2,4,6,10H2,1H3,(H,11,12). The number of pyridine rings is 1. The second-order valence-corrected chi connectivity index (χ2v) is 2.53. The van der Waals surface area contributed by atoms with Crippen molar-refractivity contribution >= 4 is 5.69 Å². The van der Waals surface area contributed by atoms with Gasteiger partial charge in [0.2, 0.25) is 5.88 Å². The predicted molar refractivity (Wildman–Crippen MR) is 53.0 cm³/mol. The van der Waals surface area contributed by atoms with Gasteiger partial charge in [-0.05, 0) is 13.0 Å². The number of nitrogens with one attached hydrogen (secondary N) is 1. The van der Waals surface area contributed by atoms with E-state index in [1.807, 2.05) is 19.1 Å². The van der Waals surface area contributed by atoms with E-state index in [9.17, 15) is 0 Å². The first-order chi connectivity index (χ1) is 6.36. The van der Waals surface area contributed by atoms with E-state index in [1.54, 1.807) is 6.20 Å². The Labute approximate surface area is 78.1 Å². The number of ether oxygens (including phenoxy) is 1. The summed E-state index contributed by atoms with van der Waals surface area (Å²) in [4.78, 5) is 4.04. The van der Waals surface area contributed by atoms with E-state index >= 15 is 0 Å². The summed E-state index contributed by atoms with van der Waals surface area (Å²) >= 11 is 0. The lowest BCUT2D eigenvalue weighted by molar-refractivity contribution is 0.327. The van der Waals surface area contributed by atoms with Crippen molar-refractivity contribution in [2.24, 2.45) is 5.73 Å². The van der Waals surface area contributed by atoms with Crippen LogP contribution >= 0.6 is 0 Å². The Morgan fingerprint density at radius 2 is 2.46 bits per heavy atom. The monoisotopic (exact) mass is 181 g/mol. The number of hydrogen-bond donors (Lipinski definition) is 2. The van der Waals surface area contributed by atoms with E-state index in [0.29, 0.717) is 19.0 Å². The van der Waals surface area contributed by atoms with Crippen molar-refractivity contribution in [3.05, 3.63) is 18.3 Å². The SMILES string of the molecule is CCOc1cc(NCCN)ccn1. The minimum atomic E-state index is 0.617. The molecule has 1 heterocycles. The maximum absolute atomic E-state index is 5.36. The van der Waals surface area contributed by atoms with E-state index in [1.165, 1.54) is 0 Å². The highest BCUT2D eigenvalue weighted by molar-refractivity contribution is 5.44. The molecular formula is C9H15N3O. The van der Waals surface area contributed by atoms with Gasteiger partial charge in [-0.3, -0.25) is 0 Å². The molecule has 0 aliphatic heterocycles. The van der Waals surface area contributed by atoms with Crippen LogP contribution in [0.4, 0.5) is 5.69 Å². The topological polar surface area (TPSA) is 60.2 Å². The molecule has 0 saturated carbocycles. The van der Waals surface area contributed by atoms with Gasteiger partial charge in [0.05, 0.1) is 6.61 Å². The van der Waals surface area contributed by atoms with Crippen LogP contribution in [0.5, 0.6) is 5.88 Å². The summed E-state index contributed by atoms with van der Waals surface area (Å²) in [5.41, 5.74) is 6.35. The van der Waals surface area contributed by atoms with Crippen molar-refractivity contribution in [1.82, 2.24) is 4.98 Å². The first-order valence-electron chi connectivity index (χ1n) is 4.39. The summed E-state index contributed by atoms with van der Waals surface area (Å²) in [5, 5.41) is 3.15. The van der Waals surface area contributed by atoms with Crippen molar-refractivity contribution in [3.8, 4) is 5.88 Å². The van der Waals surface area contributed by atoms with Gasteiger partial charge in [-0.2, -0.15) is 0 Å². The average Bonchev–Trinajstić information content (AvgIpc) is 2.16. The van der Waals surface area contributed by atoms with Gasteiger partial charge in [-0.25, -0.2) is 4.98 Å². The highest BCUT2D eigenvalue weighted by Crippen LogP contribution is 2.13. The summed E-state index contributed by atoms with van der Waals surface area (Å²) in [5.74, 6) is 0.643. The molecule has 1 aromatic rings. The lowest BCUT2D eigenvalue weighted by Gasteiger charge is -2.06. The van der Waals surface area contributed by atoms with Crippen LogP contribution < -0.4 is 15.8 Å². The third kappa shape index (κ3) is 3.29. The van der Waals surface area contributed by atoms with Gasteiger partial charge in [0, 0.05) is 31.0 Å². The van der Waals surface area contributed by atoms with E-state index < -0.39 is 0 Å². The summed E-state index contributed by atoms with van der Waals surface area (Å²) < 4.78 is 5.24. The first-order valence-corrected chi connectivity index (χ1v) is 4.39. The van der Waals surface area contributed by atoms with Gasteiger partial charge in [0.15, 0.2) is 0 Å². The Hall–Kier alpha value is -1.29. The summed E-state index contributed by atoms with van der Waals surface area (Å²) in [6, 6.07) is 3.75. The molecule has 1 aromatic heterocycles. The zero-order valence-corrected chi connectivity index (χ0v) is 7.79. The highest BCUT2D eigenvalue weighted by Gasteiger charge is 1.95. The fraction of sp³-hybridized carbons (Fsp3) is 0.444. The van der Waals surface area contributed by atoms with E-state index in [-0.39, 0.29) is 0 Å². The number of rotatable bonds is 5. The molecule has 72 valence electrons. The molecule has 1 rings (SSSR count). The van der Waals surface area contributed by atoms with Crippen LogP contribution in [0.15, 0.2) is 18.3 Å². The third-order valence-electron chi connectivity index (χ3n) is 1.50. The summed E-state index contributed by atoms with van der Waals surface area (Å²) in [7, 11) is 0. The molecule has 0 bridgehead atoms. The Morgan fingerprint density at radius 3 is 3.15 bits per heavy atom. The summed E-state index contributed by atoms with van der Waals surface area (Å²) in [6.45, 7) is 3.94. The van der Waals surface area contributed by atoms with Crippen LogP contribution in [-0.2, 0) is 0 Å². The molecule has 13 heavy (non-hydrogen) atoms. The van der Waals surface area contributed by atoms with Crippen LogP contribution in [0.3, 0.4) is 0 Å². The fourth-order valence-corrected chi connectivity index (χ4v) is 0.963. The van der Waals surface area contributed by atoms with Crippen LogP contribution in [-0.4, -0.2) is 24.7 Å². The second-order valence-electron chi connectivity index (χ2n) is 2.53. The van der Waals surface area contributed by atoms with Gasteiger partial charge in [0.1, 0.15) is 0 Å².